The number of benzene rings is 2. The van der Waals surface area contributed by atoms with Gasteiger partial charge in [-0.2, -0.15) is 15.3 Å². The Bertz CT molecular complexity index is 6470. The number of thiophene rings is 5. The summed E-state index contributed by atoms with van der Waals surface area (Å²) in [5, 5.41) is 43.7. The molecular formula is C85H80N22O16S7. The van der Waals surface area contributed by atoms with E-state index in [1.807, 2.05) is 69.1 Å². The first-order valence-electron chi connectivity index (χ1n) is 40.2. The third-order valence-corrected chi connectivity index (χ3v) is 25.7. The molecule has 18 rings (SSSR count). The number of thiazole rings is 2. The lowest BCUT2D eigenvalue weighted by atomic mass is 10.2. The van der Waals surface area contributed by atoms with Crippen LogP contribution in [0.4, 0.5) is 39.4 Å². The van der Waals surface area contributed by atoms with Gasteiger partial charge >= 0.3 is 18.3 Å². The third kappa shape index (κ3) is 23.3. The number of pyridine rings is 1. The number of aromatic nitrogens is 10. The molecule has 2 aromatic carbocycles. The highest BCUT2D eigenvalue weighted by Crippen LogP contribution is 2.34. The summed E-state index contributed by atoms with van der Waals surface area (Å²) in [6.45, 7) is 12.0. The zero-order chi connectivity index (χ0) is 91.3. The number of fused-ring (bicyclic) bond motifs is 5. The molecule has 3 aliphatic rings. The van der Waals surface area contributed by atoms with E-state index in [9.17, 15) is 62.3 Å². The summed E-state index contributed by atoms with van der Waals surface area (Å²) >= 11 is 8.95. The van der Waals surface area contributed by atoms with Gasteiger partial charge in [0.15, 0.2) is 21.3 Å². The average Bonchev–Trinajstić information content (AvgIpc) is 1.67. The molecule has 0 spiro atoms. The summed E-state index contributed by atoms with van der Waals surface area (Å²) in [5.41, 5.74) is 5.84. The van der Waals surface area contributed by atoms with Gasteiger partial charge in [0.25, 0.3) is 59.1 Å². The number of amides is 13. The smallest absolute Gasteiger partial charge is 0.414 e. The number of nitrogens with zero attached hydrogens (tertiary/aromatic N) is 14. The first kappa shape index (κ1) is 91.9. The summed E-state index contributed by atoms with van der Waals surface area (Å²) in [4.78, 5) is 184. The Balaban J connectivity index is 0.000000131. The molecule has 8 N–H and O–H groups in total. The highest BCUT2D eigenvalue weighted by atomic mass is 32.1. The number of imide groups is 3. The average molecular weight is 1890 g/mol. The summed E-state index contributed by atoms with van der Waals surface area (Å²) in [7, 11) is 2.07. The standard InChI is InChI=1S/C20H20N4O2S2.C19H20N4O2S2.C16H14N4O4S.2C15H13N5O4S/c25-17(19-21-15-3-1-2-4-16(15)28-19)22-18-14(7-12-27-18)20(26)24-10-8-23(9-11-24)13-5-6-13;1-22-8-4-9-23(11-10-22)19(25)13-7-12-26-17(13)21-16(24)18-20-14-5-2-3-6-15(14)27-18;1-2-24-16(23)19-14(22)12-5-8-25-15(12)18-13(21)10-4-7-20-11(9-10)3-6-17-20;1-2-24-15(23)19-12(21)9-5-8-25-14(9)18-13(22)10-4-7-20-11(17-10)3-6-16-20;1-2-24-15(23)19-12(21)9-4-7-25-14(9)18-13(22)10-8-17-20-6-3-5-16-11(10)20/h1-4,7,12-13H,5-6,8-11H2,(H,22,25);2-3,5-7,12H,4,8-11H2,1H3,(H,21,24);3-9H,2H2,1H3,(H,18,21)(H,19,22,23);2*3-8H,2H2,1H3,(H,18,22)(H,19,21,23). The van der Waals surface area contributed by atoms with Crippen molar-refractivity contribution in [3.8, 4) is 0 Å². The summed E-state index contributed by atoms with van der Waals surface area (Å²) < 4.78 is 20.6. The van der Waals surface area contributed by atoms with E-state index in [-0.39, 0.29) is 77.3 Å². The summed E-state index contributed by atoms with van der Waals surface area (Å²) in [6.07, 6.45) is 12.1. The monoisotopic (exact) mass is 1890 g/mol. The van der Waals surface area contributed by atoms with Crippen molar-refractivity contribution in [1.82, 2.24) is 84.3 Å². The van der Waals surface area contributed by atoms with Gasteiger partial charge in [0.1, 0.15) is 36.3 Å². The predicted molar refractivity (Wildman–Crippen MR) is 494 cm³/mol. The van der Waals surface area contributed by atoms with Crippen molar-refractivity contribution in [2.24, 2.45) is 0 Å². The zero-order valence-corrected chi connectivity index (χ0v) is 75.2. The minimum atomic E-state index is -0.845. The molecule has 45 heteroatoms. The highest BCUT2D eigenvalue weighted by molar-refractivity contribution is 7.21. The molecule has 130 heavy (non-hydrogen) atoms. The van der Waals surface area contributed by atoms with Crippen molar-refractivity contribution in [2.45, 2.75) is 46.1 Å². The van der Waals surface area contributed by atoms with Gasteiger partial charge in [-0.3, -0.25) is 68.8 Å². The lowest BCUT2D eigenvalue weighted by molar-refractivity contribution is 0.0627. The minimum absolute atomic E-state index is 0.00343. The summed E-state index contributed by atoms with van der Waals surface area (Å²) in [6, 6.07) is 34.2. The van der Waals surface area contributed by atoms with Crippen molar-refractivity contribution in [3.05, 3.63) is 240 Å². The number of ether oxygens (including phenoxy) is 3. The molecule has 13 aromatic heterocycles. The zero-order valence-electron chi connectivity index (χ0n) is 69.5. The first-order chi connectivity index (χ1) is 63.1. The van der Waals surface area contributed by atoms with Gasteiger partial charge in [0.05, 0.1) is 86.0 Å². The van der Waals surface area contributed by atoms with Crippen molar-refractivity contribution < 1.29 is 76.5 Å². The van der Waals surface area contributed by atoms with Crippen LogP contribution in [-0.4, -0.2) is 231 Å². The normalized spacial score (nSPS) is 13.1. The molecule has 38 nitrogen and oxygen atoms in total. The van der Waals surface area contributed by atoms with Crippen molar-refractivity contribution in [3.63, 3.8) is 0 Å². The molecule has 0 bridgehead atoms. The Morgan fingerprint density at radius 1 is 0.408 bits per heavy atom. The molecule has 15 heterocycles. The van der Waals surface area contributed by atoms with Gasteiger partial charge in [0, 0.05) is 94.5 Å². The van der Waals surface area contributed by atoms with Crippen molar-refractivity contribution in [1.29, 1.82) is 0 Å². The number of hydrogen-bond donors (Lipinski definition) is 8. The SMILES string of the molecule is CCOC(=O)NC(=O)c1ccsc1NC(=O)c1ccn2nccc2c1.CCOC(=O)NC(=O)c1ccsc1NC(=O)c1ccn2nccc2n1.CCOC(=O)NC(=O)c1ccsc1NC(=O)c1cnn2cccnc12.CN1CCCN(C(=O)c2ccsc2NC(=O)c2nc3ccccc3s2)CC1.O=C(Nc1sccc1C(=O)N1CCN(C2CC2)CC1)c1nc2ccccc2s1. The number of hydrogen-bond acceptors (Lipinski definition) is 32. The molecule has 3 fully saturated rings. The van der Waals surface area contributed by atoms with Gasteiger partial charge in [-0.05, 0) is 165 Å². The fourth-order valence-electron chi connectivity index (χ4n) is 13.0. The van der Waals surface area contributed by atoms with Crippen LogP contribution in [0.25, 0.3) is 37.2 Å². The van der Waals surface area contributed by atoms with E-state index in [0.29, 0.717) is 69.6 Å². The Labute approximate surface area is 766 Å². The topological polar surface area (TPSA) is 462 Å². The Hall–Kier alpha value is -14.3. The Morgan fingerprint density at radius 3 is 1.39 bits per heavy atom. The number of rotatable bonds is 19. The fourth-order valence-corrected chi connectivity index (χ4v) is 18.6. The maximum atomic E-state index is 13.0. The number of nitrogens with one attached hydrogen (secondary N) is 8. The third-order valence-electron chi connectivity index (χ3n) is 19.5. The van der Waals surface area contributed by atoms with Crippen LogP contribution in [0.15, 0.2) is 186 Å². The van der Waals surface area contributed by atoms with Crippen LogP contribution < -0.4 is 42.5 Å². The number of para-hydroxylation sites is 2. The largest absolute Gasteiger partial charge is 0.450 e. The highest BCUT2D eigenvalue weighted by Gasteiger charge is 2.34. The maximum Gasteiger partial charge on any atom is 0.414 e. The second kappa shape index (κ2) is 43.5. The molecule has 1 aliphatic carbocycles. The van der Waals surface area contributed by atoms with Crippen LogP contribution >= 0.6 is 79.4 Å². The van der Waals surface area contributed by atoms with Gasteiger partial charge in [-0.25, -0.2) is 47.9 Å². The van der Waals surface area contributed by atoms with Crippen LogP contribution in [-0.2, 0) is 14.2 Å². The number of carbonyl (C=O) groups excluding carboxylic acids is 13. The molecule has 668 valence electrons. The van der Waals surface area contributed by atoms with Crippen LogP contribution in [0.1, 0.15) is 143 Å². The minimum Gasteiger partial charge on any atom is -0.450 e. The van der Waals surface area contributed by atoms with Crippen molar-refractivity contribution in [2.75, 3.05) is 106 Å². The maximum absolute atomic E-state index is 13.0. The number of alkyl carbamates (subject to hydrolysis) is 3. The molecule has 2 aliphatic heterocycles. The molecule has 0 unspecified atom stereocenters. The van der Waals surface area contributed by atoms with E-state index in [0.717, 1.165) is 107 Å². The lowest BCUT2D eigenvalue weighted by Gasteiger charge is -2.34. The summed E-state index contributed by atoms with van der Waals surface area (Å²) in [5.74, 6) is -3.82. The predicted octanol–water partition coefficient (Wildman–Crippen LogP) is 13.3. The lowest BCUT2D eigenvalue weighted by Crippen LogP contribution is -2.49. The quantitative estimate of drug-likeness (QED) is 0.0349. The van der Waals surface area contributed by atoms with Crippen molar-refractivity contribution >= 4 is 219 Å². The molecule has 0 atom stereocenters. The van der Waals surface area contributed by atoms with Crippen LogP contribution in [0, 0.1) is 0 Å². The molecule has 13 amide bonds. The molecular weight excluding hydrogens is 1810 g/mol. The van der Waals surface area contributed by atoms with Gasteiger partial charge < -0.3 is 55.5 Å². The van der Waals surface area contributed by atoms with Gasteiger partial charge in [-0.1, -0.05) is 24.3 Å². The van der Waals surface area contributed by atoms with E-state index in [4.69, 9.17) is 0 Å². The Morgan fingerprint density at radius 2 is 0.869 bits per heavy atom. The molecule has 1 saturated carbocycles. The fraction of sp³-hybridized carbons (Fsp3) is 0.224. The Kier molecular flexibility index (Phi) is 30.7. The van der Waals surface area contributed by atoms with Crippen LogP contribution in [0.2, 0.25) is 0 Å². The number of likely N-dealkylation sites (N-methyl/N-ethyl adjacent to an activating group) is 1. The number of anilines is 5. The van der Waals surface area contributed by atoms with E-state index >= 15 is 0 Å². The van der Waals surface area contributed by atoms with Gasteiger partial charge in [0.2, 0.25) is 0 Å². The van der Waals surface area contributed by atoms with Gasteiger partial charge in [-0.15, -0.1) is 79.4 Å². The van der Waals surface area contributed by atoms with E-state index < -0.39 is 47.8 Å². The number of carbonyl (C=O) groups is 13. The molecule has 2 saturated heterocycles. The van der Waals surface area contributed by atoms with E-state index in [1.165, 1.54) is 109 Å². The van der Waals surface area contributed by atoms with E-state index in [1.54, 1.807) is 121 Å². The second-order valence-corrected chi connectivity index (χ2v) is 34.7. The molecule has 0 radical (unpaired) electrons. The first-order valence-corrected chi connectivity index (χ1v) is 46.2. The van der Waals surface area contributed by atoms with Crippen LogP contribution in [0.3, 0.4) is 0 Å². The van der Waals surface area contributed by atoms with E-state index in [2.05, 4.69) is 109 Å². The second-order valence-electron chi connectivity index (χ2n) is 28.1. The number of piperazine rings is 1. The molecule has 15 aromatic rings. The van der Waals surface area contributed by atoms with Crippen LogP contribution in [0.5, 0.6) is 0 Å².